The SMILES string of the molecule is COc1ccc(COC(=O)C2=C(C(C)OC(C)=O)CS[C@@H]3[C@@H](NC(=O)OCC(Cl)(Cl)Cl)C(=O)N23)cc1. The van der Waals surface area contributed by atoms with Crippen LogP contribution in [0.2, 0.25) is 0 Å². The summed E-state index contributed by atoms with van der Waals surface area (Å²) in [5.41, 5.74) is 1.09. The zero-order valence-electron chi connectivity index (χ0n) is 19.4. The van der Waals surface area contributed by atoms with Crippen molar-refractivity contribution in [2.45, 2.75) is 41.8 Å². The number of ether oxygens (including phenoxy) is 4. The van der Waals surface area contributed by atoms with E-state index in [9.17, 15) is 19.2 Å². The van der Waals surface area contributed by atoms with Crippen LogP contribution < -0.4 is 10.1 Å². The zero-order chi connectivity index (χ0) is 26.6. The summed E-state index contributed by atoms with van der Waals surface area (Å²) >= 11 is 18.0. The number of carbonyl (C=O) groups is 4. The van der Waals surface area contributed by atoms with Crippen LogP contribution >= 0.6 is 46.6 Å². The average molecular weight is 582 g/mol. The van der Waals surface area contributed by atoms with E-state index in [-0.39, 0.29) is 18.1 Å². The van der Waals surface area contributed by atoms with Crippen LogP contribution in [-0.4, -0.2) is 69.6 Å². The largest absolute Gasteiger partial charge is 0.497 e. The number of hydrogen-bond acceptors (Lipinski definition) is 9. The maximum atomic E-state index is 13.2. The van der Waals surface area contributed by atoms with Gasteiger partial charge in [-0.1, -0.05) is 46.9 Å². The van der Waals surface area contributed by atoms with Crippen LogP contribution in [0.4, 0.5) is 4.79 Å². The molecule has 10 nitrogen and oxygen atoms in total. The van der Waals surface area contributed by atoms with E-state index >= 15 is 0 Å². The van der Waals surface area contributed by atoms with Crippen LogP contribution in [0.5, 0.6) is 5.75 Å². The minimum Gasteiger partial charge on any atom is -0.497 e. The molecule has 1 aromatic rings. The second-order valence-corrected chi connectivity index (χ2v) is 11.4. The standard InChI is InChI=1S/C22H23Cl3N2O8S/c1-11(35-12(2)28)15-9-36-19-16(26-21(31)34-10-22(23,24)25)18(29)27(19)17(15)20(30)33-8-13-4-6-14(32-3)7-5-13/h4-7,11,16,19H,8-10H2,1-3H3,(H,26,31)/t11?,16-,19+/m0/s1. The Morgan fingerprint density at radius 1 is 1.19 bits per heavy atom. The van der Waals surface area contributed by atoms with E-state index in [4.69, 9.17) is 53.8 Å². The van der Waals surface area contributed by atoms with Crippen molar-refractivity contribution in [2.75, 3.05) is 19.5 Å². The highest BCUT2D eigenvalue weighted by molar-refractivity contribution is 8.00. The molecule has 1 fully saturated rings. The number of hydrogen-bond donors (Lipinski definition) is 1. The average Bonchev–Trinajstić information content (AvgIpc) is 2.82. The van der Waals surface area contributed by atoms with Crippen molar-refractivity contribution in [3.05, 3.63) is 41.1 Å². The topological polar surface area (TPSA) is 120 Å². The molecular weight excluding hydrogens is 559 g/mol. The van der Waals surface area contributed by atoms with Crippen LogP contribution in [0.15, 0.2) is 35.5 Å². The highest BCUT2D eigenvalue weighted by Gasteiger charge is 2.55. The Morgan fingerprint density at radius 2 is 1.86 bits per heavy atom. The Morgan fingerprint density at radius 3 is 2.44 bits per heavy atom. The number of alkyl halides is 3. The van der Waals surface area contributed by atoms with Gasteiger partial charge < -0.3 is 24.3 Å². The zero-order valence-corrected chi connectivity index (χ0v) is 22.5. The number of esters is 2. The molecule has 3 rings (SSSR count). The number of methoxy groups -OCH3 is 1. The Kier molecular flexibility index (Phi) is 9.26. The van der Waals surface area contributed by atoms with E-state index < -0.39 is 51.9 Å². The molecule has 2 heterocycles. The van der Waals surface area contributed by atoms with Crippen molar-refractivity contribution in [2.24, 2.45) is 0 Å². The molecule has 14 heteroatoms. The summed E-state index contributed by atoms with van der Waals surface area (Å²) < 4.78 is 18.9. The first-order valence-corrected chi connectivity index (χ1v) is 12.7. The number of benzene rings is 1. The first kappa shape index (κ1) is 28.2. The van der Waals surface area contributed by atoms with E-state index in [0.29, 0.717) is 16.9 Å². The number of rotatable bonds is 8. The lowest BCUT2D eigenvalue weighted by atomic mass is 10.0. The first-order chi connectivity index (χ1) is 16.9. The van der Waals surface area contributed by atoms with Crippen LogP contribution in [0.1, 0.15) is 19.4 Å². The summed E-state index contributed by atoms with van der Waals surface area (Å²) in [5.74, 6) is -0.983. The molecule has 0 radical (unpaired) electrons. The number of nitrogens with one attached hydrogen (secondary N) is 1. The number of amides is 2. The fourth-order valence-corrected chi connectivity index (χ4v) is 5.14. The number of nitrogens with zero attached hydrogens (tertiary/aromatic N) is 1. The van der Waals surface area contributed by atoms with Gasteiger partial charge in [0.05, 0.1) is 7.11 Å². The molecule has 0 bridgehead atoms. The van der Waals surface area contributed by atoms with Gasteiger partial charge in [-0.3, -0.25) is 14.5 Å². The molecule has 2 amide bonds. The van der Waals surface area contributed by atoms with E-state index in [1.807, 2.05) is 0 Å². The quantitative estimate of drug-likeness (QED) is 0.213. The fraction of sp³-hybridized carbons (Fsp3) is 0.455. The summed E-state index contributed by atoms with van der Waals surface area (Å²) in [6.07, 6.45) is -1.74. The Balaban J connectivity index is 1.76. The van der Waals surface area contributed by atoms with Gasteiger partial charge in [-0.2, -0.15) is 0 Å². The molecule has 196 valence electrons. The molecule has 1 unspecified atom stereocenters. The molecule has 36 heavy (non-hydrogen) atoms. The second kappa shape index (κ2) is 11.8. The molecule has 2 aliphatic heterocycles. The molecular formula is C22H23Cl3N2O8S. The normalized spacial score (nSPS) is 20.1. The summed E-state index contributed by atoms with van der Waals surface area (Å²) in [5, 5.41) is 1.81. The maximum Gasteiger partial charge on any atom is 0.408 e. The highest BCUT2D eigenvalue weighted by Crippen LogP contribution is 2.42. The molecule has 0 aliphatic carbocycles. The van der Waals surface area contributed by atoms with Crippen LogP contribution in [0.25, 0.3) is 0 Å². The van der Waals surface area contributed by atoms with E-state index in [1.54, 1.807) is 31.2 Å². The van der Waals surface area contributed by atoms with E-state index in [1.165, 1.54) is 30.7 Å². The predicted molar refractivity (Wildman–Crippen MR) is 133 cm³/mol. The lowest BCUT2D eigenvalue weighted by Gasteiger charge is -2.49. The van der Waals surface area contributed by atoms with Crippen molar-refractivity contribution in [1.29, 1.82) is 0 Å². The molecule has 0 aromatic heterocycles. The Labute approximate surface area is 226 Å². The summed E-state index contributed by atoms with van der Waals surface area (Å²) in [7, 11) is 1.54. The van der Waals surface area contributed by atoms with Gasteiger partial charge in [-0.15, -0.1) is 11.8 Å². The van der Waals surface area contributed by atoms with E-state index in [0.717, 1.165) is 0 Å². The molecule has 1 N–H and O–H groups in total. The van der Waals surface area contributed by atoms with Gasteiger partial charge in [-0.05, 0) is 24.6 Å². The minimum atomic E-state index is -1.81. The second-order valence-electron chi connectivity index (χ2n) is 7.77. The van der Waals surface area contributed by atoms with E-state index in [2.05, 4.69) is 5.32 Å². The minimum absolute atomic E-state index is 0.0290. The summed E-state index contributed by atoms with van der Waals surface area (Å²) in [4.78, 5) is 51.0. The Bertz CT molecular complexity index is 1060. The molecule has 0 spiro atoms. The van der Waals surface area contributed by atoms with Crippen LogP contribution in [0.3, 0.4) is 0 Å². The summed E-state index contributed by atoms with van der Waals surface area (Å²) in [6, 6.07) is 5.94. The third-order valence-corrected chi connectivity index (χ3v) is 6.82. The van der Waals surface area contributed by atoms with Gasteiger partial charge in [0.15, 0.2) is 0 Å². The van der Waals surface area contributed by atoms with Crippen molar-refractivity contribution in [1.82, 2.24) is 10.2 Å². The first-order valence-electron chi connectivity index (χ1n) is 10.6. The predicted octanol–water partition coefficient (Wildman–Crippen LogP) is 3.32. The van der Waals surface area contributed by atoms with Crippen LogP contribution in [-0.2, 0) is 35.2 Å². The molecule has 1 saturated heterocycles. The maximum absolute atomic E-state index is 13.2. The van der Waals surface area contributed by atoms with Gasteiger partial charge in [0.1, 0.15) is 42.2 Å². The fourth-order valence-electron chi connectivity index (χ4n) is 3.52. The number of β-lactam (4-membered cyclic amide) rings is 1. The van der Waals surface area contributed by atoms with Gasteiger partial charge in [0, 0.05) is 18.2 Å². The number of alkyl carbamates (subject to hydrolysis) is 1. The molecule has 1 aromatic carbocycles. The number of fused-ring (bicyclic) bond motifs is 1. The van der Waals surface area contributed by atoms with Crippen molar-refractivity contribution < 1.29 is 38.1 Å². The van der Waals surface area contributed by atoms with Gasteiger partial charge in [0.25, 0.3) is 5.91 Å². The number of thioether (sulfide) groups is 1. The summed E-state index contributed by atoms with van der Waals surface area (Å²) in [6.45, 7) is 2.27. The van der Waals surface area contributed by atoms with Crippen molar-refractivity contribution >= 4 is 70.5 Å². The molecule has 3 atom stereocenters. The van der Waals surface area contributed by atoms with Gasteiger partial charge in [-0.25, -0.2) is 9.59 Å². The lowest BCUT2D eigenvalue weighted by molar-refractivity contribution is -0.153. The van der Waals surface area contributed by atoms with Gasteiger partial charge in [0.2, 0.25) is 3.79 Å². The van der Waals surface area contributed by atoms with Crippen molar-refractivity contribution in [3.8, 4) is 5.75 Å². The Hall–Kier alpha value is -2.34. The molecule has 0 saturated carbocycles. The third kappa shape index (κ3) is 6.90. The van der Waals surface area contributed by atoms with Crippen molar-refractivity contribution in [3.63, 3.8) is 0 Å². The monoisotopic (exact) mass is 580 g/mol. The highest BCUT2D eigenvalue weighted by atomic mass is 35.6. The van der Waals surface area contributed by atoms with Gasteiger partial charge >= 0.3 is 18.0 Å². The molecule has 2 aliphatic rings. The number of carbonyl (C=O) groups excluding carboxylic acids is 4. The van der Waals surface area contributed by atoms with Crippen LogP contribution in [0, 0.1) is 0 Å². The third-order valence-electron chi connectivity index (χ3n) is 5.19. The number of halogens is 3. The lowest BCUT2D eigenvalue weighted by Crippen LogP contribution is -2.71. The smallest absolute Gasteiger partial charge is 0.408 e.